The van der Waals surface area contributed by atoms with Crippen molar-refractivity contribution in [3.63, 3.8) is 0 Å². The lowest BCUT2D eigenvalue weighted by Gasteiger charge is -2.10. The van der Waals surface area contributed by atoms with E-state index < -0.39 is 30.2 Å². The van der Waals surface area contributed by atoms with Crippen molar-refractivity contribution in [2.24, 2.45) is 5.92 Å². The lowest BCUT2D eigenvalue weighted by atomic mass is 10.0. The summed E-state index contributed by atoms with van der Waals surface area (Å²) >= 11 is 0. The van der Waals surface area contributed by atoms with Gasteiger partial charge in [0.15, 0.2) is 0 Å². The number of carboxylic acid groups (broad SMARTS) is 2. The summed E-state index contributed by atoms with van der Waals surface area (Å²) in [6, 6.07) is 0. The highest BCUT2D eigenvalue weighted by Gasteiger charge is 2.22. The van der Waals surface area contributed by atoms with Crippen LogP contribution in [0.15, 0.2) is 0 Å². The summed E-state index contributed by atoms with van der Waals surface area (Å²) in [5.74, 6) is -4.10. The molecule has 0 saturated carbocycles. The lowest BCUT2D eigenvalue weighted by Crippen LogP contribution is -2.24. The molecule has 2 N–H and O–H groups in total. The molecule has 0 rings (SSSR count). The van der Waals surface area contributed by atoms with E-state index in [1.807, 2.05) is 0 Å². The molecule has 0 aliphatic carbocycles. The number of unbranched alkanes of at least 4 members (excludes halogenated alkanes) is 14. The molecule has 1 atom stereocenters. The molecule has 29 heavy (non-hydrogen) atoms. The summed E-state index contributed by atoms with van der Waals surface area (Å²) in [6.45, 7) is 1.87. The molecule has 0 aromatic carbocycles. The summed E-state index contributed by atoms with van der Waals surface area (Å²) in [6.07, 6.45) is 18.5. The van der Waals surface area contributed by atoms with Gasteiger partial charge in [-0.15, -0.1) is 0 Å². The van der Waals surface area contributed by atoms with Gasteiger partial charge in [0, 0.05) is 6.42 Å². The van der Waals surface area contributed by atoms with Crippen molar-refractivity contribution in [1.82, 2.24) is 0 Å². The van der Waals surface area contributed by atoms with E-state index in [9.17, 15) is 14.4 Å². The van der Waals surface area contributed by atoms with Gasteiger partial charge in [0.1, 0.15) is 12.5 Å². The molecule has 0 aliphatic heterocycles. The van der Waals surface area contributed by atoms with E-state index in [4.69, 9.17) is 14.9 Å². The van der Waals surface area contributed by atoms with Gasteiger partial charge in [-0.05, 0) is 6.42 Å². The molecular weight excluding hydrogens is 372 g/mol. The zero-order valence-electron chi connectivity index (χ0n) is 18.3. The van der Waals surface area contributed by atoms with Crippen LogP contribution in [0, 0.1) is 5.92 Å². The molecule has 0 amide bonds. The Morgan fingerprint density at radius 1 is 0.690 bits per heavy atom. The topological polar surface area (TPSA) is 101 Å². The fourth-order valence-corrected chi connectivity index (χ4v) is 3.33. The van der Waals surface area contributed by atoms with Crippen molar-refractivity contribution in [3.8, 4) is 0 Å². The highest BCUT2D eigenvalue weighted by Crippen LogP contribution is 2.14. The second-order valence-electron chi connectivity index (χ2n) is 8.02. The predicted octanol–water partition coefficient (Wildman–Crippen LogP) is 5.97. The molecule has 0 fully saturated rings. The van der Waals surface area contributed by atoms with Gasteiger partial charge in [-0.25, -0.2) is 0 Å². The number of carboxylic acids is 2. The molecule has 6 heteroatoms. The number of rotatable bonds is 21. The van der Waals surface area contributed by atoms with Crippen LogP contribution in [0.4, 0.5) is 0 Å². The van der Waals surface area contributed by atoms with Crippen LogP contribution in [0.25, 0.3) is 0 Å². The van der Waals surface area contributed by atoms with Crippen LogP contribution in [0.5, 0.6) is 0 Å². The first-order chi connectivity index (χ1) is 14.0. The Labute approximate surface area is 176 Å². The van der Waals surface area contributed by atoms with Crippen LogP contribution in [0.2, 0.25) is 0 Å². The molecule has 0 aromatic heterocycles. The largest absolute Gasteiger partial charge is 0.481 e. The molecule has 6 nitrogen and oxygen atoms in total. The molecule has 0 radical (unpaired) electrons. The Hall–Kier alpha value is -1.59. The number of carbonyl (C=O) groups is 3. The monoisotopic (exact) mass is 414 g/mol. The minimum Gasteiger partial charge on any atom is -0.481 e. The standard InChI is InChI=1S/C23H42O6/c1-2-3-4-5-6-7-8-9-10-11-12-13-14-15-16-17-22(26)29-19-20(23(27)28)18-21(24)25/h20H,2-19H2,1H3,(H,24,25)(H,27,28). The van der Waals surface area contributed by atoms with E-state index >= 15 is 0 Å². The van der Waals surface area contributed by atoms with Crippen LogP contribution in [0.1, 0.15) is 116 Å². The van der Waals surface area contributed by atoms with Crippen molar-refractivity contribution < 1.29 is 29.3 Å². The zero-order chi connectivity index (χ0) is 21.7. The van der Waals surface area contributed by atoms with E-state index in [-0.39, 0.29) is 13.0 Å². The van der Waals surface area contributed by atoms with E-state index in [1.54, 1.807) is 0 Å². The molecule has 1 unspecified atom stereocenters. The molecular formula is C23H42O6. The normalized spacial score (nSPS) is 11.9. The highest BCUT2D eigenvalue weighted by atomic mass is 16.5. The molecule has 170 valence electrons. The van der Waals surface area contributed by atoms with Crippen molar-refractivity contribution in [2.75, 3.05) is 6.61 Å². The first kappa shape index (κ1) is 27.4. The maximum atomic E-state index is 11.6. The molecule has 0 aliphatic rings. The minimum atomic E-state index is -1.26. The first-order valence-electron chi connectivity index (χ1n) is 11.6. The Balaban J connectivity index is 3.40. The average molecular weight is 415 g/mol. The van der Waals surface area contributed by atoms with Crippen LogP contribution in [0.3, 0.4) is 0 Å². The molecule has 0 saturated heterocycles. The van der Waals surface area contributed by atoms with Gasteiger partial charge < -0.3 is 14.9 Å². The Bertz CT molecular complexity index is 435. The Kier molecular flexibility index (Phi) is 18.6. The number of aliphatic carboxylic acids is 2. The number of ether oxygens (including phenoxy) is 1. The van der Waals surface area contributed by atoms with E-state index in [2.05, 4.69) is 6.92 Å². The predicted molar refractivity (Wildman–Crippen MR) is 114 cm³/mol. The van der Waals surface area contributed by atoms with Crippen molar-refractivity contribution in [1.29, 1.82) is 0 Å². The zero-order valence-corrected chi connectivity index (χ0v) is 18.3. The third kappa shape index (κ3) is 19.5. The maximum Gasteiger partial charge on any atom is 0.310 e. The van der Waals surface area contributed by atoms with Gasteiger partial charge in [-0.1, -0.05) is 96.8 Å². The second-order valence-corrected chi connectivity index (χ2v) is 8.02. The summed E-state index contributed by atoms with van der Waals surface area (Å²) in [5, 5.41) is 17.5. The number of esters is 1. The van der Waals surface area contributed by atoms with Crippen LogP contribution >= 0.6 is 0 Å². The molecule has 0 bridgehead atoms. The summed E-state index contributed by atoms with van der Waals surface area (Å²) in [5.41, 5.74) is 0. The van der Waals surface area contributed by atoms with E-state index in [0.29, 0.717) is 0 Å². The fraction of sp³-hybridized carbons (Fsp3) is 0.870. The van der Waals surface area contributed by atoms with Crippen LogP contribution in [-0.4, -0.2) is 34.7 Å². The van der Waals surface area contributed by atoms with Gasteiger partial charge in [0.05, 0.1) is 6.42 Å². The number of hydrogen-bond acceptors (Lipinski definition) is 4. The Morgan fingerprint density at radius 3 is 1.48 bits per heavy atom. The smallest absolute Gasteiger partial charge is 0.310 e. The second kappa shape index (κ2) is 19.7. The summed E-state index contributed by atoms with van der Waals surface area (Å²) in [4.78, 5) is 33.1. The average Bonchev–Trinajstić information content (AvgIpc) is 2.67. The maximum absolute atomic E-state index is 11.6. The van der Waals surface area contributed by atoms with Crippen LogP contribution < -0.4 is 0 Å². The van der Waals surface area contributed by atoms with Gasteiger partial charge in [0.25, 0.3) is 0 Å². The van der Waals surface area contributed by atoms with E-state index in [0.717, 1.165) is 19.3 Å². The van der Waals surface area contributed by atoms with Gasteiger partial charge in [0.2, 0.25) is 0 Å². The van der Waals surface area contributed by atoms with E-state index in [1.165, 1.54) is 77.0 Å². The highest BCUT2D eigenvalue weighted by molar-refractivity contribution is 5.78. The number of carbonyl (C=O) groups excluding carboxylic acids is 1. The van der Waals surface area contributed by atoms with Crippen molar-refractivity contribution in [3.05, 3.63) is 0 Å². The van der Waals surface area contributed by atoms with Gasteiger partial charge in [-0.2, -0.15) is 0 Å². The number of hydrogen-bond donors (Lipinski definition) is 2. The third-order valence-electron chi connectivity index (χ3n) is 5.20. The first-order valence-corrected chi connectivity index (χ1v) is 11.6. The SMILES string of the molecule is CCCCCCCCCCCCCCCCCC(=O)OCC(CC(=O)O)C(=O)O. The fourth-order valence-electron chi connectivity index (χ4n) is 3.33. The summed E-state index contributed by atoms with van der Waals surface area (Å²) < 4.78 is 4.90. The van der Waals surface area contributed by atoms with Crippen LogP contribution in [-0.2, 0) is 19.1 Å². The Morgan fingerprint density at radius 2 is 1.10 bits per heavy atom. The van der Waals surface area contributed by atoms with Crippen molar-refractivity contribution in [2.45, 2.75) is 116 Å². The lowest BCUT2D eigenvalue weighted by molar-refractivity contribution is -0.155. The molecule has 0 spiro atoms. The summed E-state index contributed by atoms with van der Waals surface area (Å²) in [7, 11) is 0. The van der Waals surface area contributed by atoms with Crippen molar-refractivity contribution >= 4 is 17.9 Å². The molecule has 0 aromatic rings. The quantitative estimate of drug-likeness (QED) is 0.177. The minimum absolute atomic E-state index is 0.262. The van der Waals surface area contributed by atoms with Gasteiger partial charge in [-0.3, -0.25) is 14.4 Å². The molecule has 0 heterocycles. The van der Waals surface area contributed by atoms with Gasteiger partial charge >= 0.3 is 17.9 Å². The third-order valence-corrected chi connectivity index (χ3v) is 5.20.